The molecule has 1 amide bonds. The molecule has 5 nitrogen and oxygen atoms in total. The number of benzene rings is 1. The van der Waals surface area contributed by atoms with E-state index in [1.165, 1.54) is 5.32 Å². The third-order valence-electron chi connectivity index (χ3n) is 5.15. The SMILES string of the molecule is O=C(NC(F)(C(F)F)C1CC1)c1cn(-c2c(F)cc(F)cc2Cl)c2nc(Cl)c(F)cc2c1=O. The summed E-state index contributed by atoms with van der Waals surface area (Å²) < 4.78 is 84.4. The van der Waals surface area contributed by atoms with Crippen molar-refractivity contribution in [2.24, 2.45) is 5.92 Å². The van der Waals surface area contributed by atoms with Crippen LogP contribution < -0.4 is 10.7 Å². The van der Waals surface area contributed by atoms with Crippen molar-refractivity contribution in [1.82, 2.24) is 14.9 Å². The Morgan fingerprint density at radius 3 is 2.39 bits per heavy atom. The lowest BCUT2D eigenvalue weighted by atomic mass is 10.1. The maximum absolute atomic E-state index is 14.8. The Balaban J connectivity index is 1.97. The molecule has 4 rings (SSSR count). The average molecular weight is 510 g/mol. The van der Waals surface area contributed by atoms with Gasteiger partial charge in [-0.3, -0.25) is 14.2 Å². The second kappa shape index (κ2) is 8.21. The largest absolute Gasteiger partial charge is 0.315 e. The number of fused-ring (bicyclic) bond motifs is 1. The molecule has 33 heavy (non-hydrogen) atoms. The van der Waals surface area contributed by atoms with Gasteiger partial charge in [0.1, 0.15) is 17.1 Å². The van der Waals surface area contributed by atoms with Crippen LogP contribution in [-0.4, -0.2) is 27.7 Å². The quantitative estimate of drug-likeness (QED) is 0.293. The fourth-order valence-electron chi connectivity index (χ4n) is 3.38. The van der Waals surface area contributed by atoms with E-state index in [1.807, 2.05) is 0 Å². The molecule has 0 bridgehead atoms. The summed E-state index contributed by atoms with van der Waals surface area (Å²) in [6.07, 6.45) is -2.76. The minimum absolute atomic E-state index is 0.0904. The van der Waals surface area contributed by atoms with Gasteiger partial charge in [-0.2, -0.15) is 0 Å². The maximum Gasteiger partial charge on any atom is 0.290 e. The van der Waals surface area contributed by atoms with E-state index in [0.717, 1.165) is 0 Å². The summed E-state index contributed by atoms with van der Waals surface area (Å²) >= 11 is 11.6. The third kappa shape index (κ3) is 4.04. The van der Waals surface area contributed by atoms with Gasteiger partial charge in [0.25, 0.3) is 12.3 Å². The summed E-state index contributed by atoms with van der Waals surface area (Å²) in [5, 5.41) is -0.343. The lowest BCUT2D eigenvalue weighted by Crippen LogP contribution is -2.53. The smallest absolute Gasteiger partial charge is 0.290 e. The highest BCUT2D eigenvalue weighted by Crippen LogP contribution is 2.44. The summed E-state index contributed by atoms with van der Waals surface area (Å²) in [6, 6.07) is 1.74. The molecule has 174 valence electrons. The summed E-state index contributed by atoms with van der Waals surface area (Å²) in [5.74, 6) is -9.62. The molecular weight excluding hydrogens is 499 g/mol. The maximum atomic E-state index is 14.8. The Labute approximate surface area is 190 Å². The first-order chi connectivity index (χ1) is 15.4. The van der Waals surface area contributed by atoms with Gasteiger partial charge in [0.05, 0.1) is 10.4 Å². The molecule has 0 radical (unpaired) electrons. The van der Waals surface area contributed by atoms with Crippen molar-refractivity contribution in [3.05, 3.63) is 67.8 Å². The van der Waals surface area contributed by atoms with Crippen molar-refractivity contribution >= 4 is 40.1 Å². The van der Waals surface area contributed by atoms with Gasteiger partial charge < -0.3 is 5.32 Å². The molecule has 2 aromatic heterocycles. The van der Waals surface area contributed by atoms with Crippen molar-refractivity contribution in [3.8, 4) is 5.69 Å². The number of rotatable bonds is 5. The van der Waals surface area contributed by atoms with E-state index in [2.05, 4.69) is 4.98 Å². The van der Waals surface area contributed by atoms with E-state index >= 15 is 0 Å². The monoisotopic (exact) mass is 509 g/mol. The summed E-state index contributed by atoms with van der Waals surface area (Å²) in [6.45, 7) is 0. The highest BCUT2D eigenvalue weighted by molar-refractivity contribution is 6.32. The molecule has 1 saturated carbocycles. The Morgan fingerprint density at radius 2 is 1.82 bits per heavy atom. The lowest BCUT2D eigenvalue weighted by molar-refractivity contribution is -0.0671. The van der Waals surface area contributed by atoms with Crippen LogP contribution in [0.2, 0.25) is 10.2 Å². The Morgan fingerprint density at radius 1 is 1.15 bits per heavy atom. The number of halogens is 8. The fraction of sp³-hybridized carbons (Fsp3) is 0.250. The number of amides is 1. The number of hydrogen-bond acceptors (Lipinski definition) is 3. The van der Waals surface area contributed by atoms with Crippen LogP contribution in [-0.2, 0) is 0 Å². The zero-order chi connectivity index (χ0) is 24.2. The third-order valence-corrected chi connectivity index (χ3v) is 5.70. The van der Waals surface area contributed by atoms with Crippen molar-refractivity contribution in [3.63, 3.8) is 0 Å². The highest BCUT2D eigenvalue weighted by atomic mass is 35.5. The predicted molar refractivity (Wildman–Crippen MR) is 107 cm³/mol. The first-order valence-corrected chi connectivity index (χ1v) is 10.1. The van der Waals surface area contributed by atoms with Crippen molar-refractivity contribution in [1.29, 1.82) is 0 Å². The summed E-state index contributed by atoms with van der Waals surface area (Å²) in [7, 11) is 0. The van der Waals surface area contributed by atoms with Crippen molar-refractivity contribution in [2.45, 2.75) is 25.1 Å². The molecular formula is C20H11Cl2F6N3O2. The van der Waals surface area contributed by atoms with Gasteiger partial charge in [-0.05, 0) is 25.0 Å². The molecule has 0 aliphatic heterocycles. The molecule has 0 saturated heterocycles. The Kier molecular flexibility index (Phi) is 5.81. The molecule has 1 aromatic carbocycles. The van der Waals surface area contributed by atoms with E-state index in [-0.39, 0.29) is 12.8 Å². The lowest BCUT2D eigenvalue weighted by Gasteiger charge is -2.25. The number of aromatic nitrogens is 2. The van der Waals surface area contributed by atoms with Crippen molar-refractivity contribution < 1.29 is 31.1 Å². The zero-order valence-corrected chi connectivity index (χ0v) is 17.6. The first-order valence-electron chi connectivity index (χ1n) is 9.30. The van der Waals surface area contributed by atoms with Gasteiger partial charge in [-0.15, -0.1) is 0 Å². The number of nitrogens with zero attached hydrogens (tertiary/aromatic N) is 2. The molecule has 1 N–H and O–H groups in total. The van der Waals surface area contributed by atoms with Gasteiger partial charge in [0, 0.05) is 18.2 Å². The van der Waals surface area contributed by atoms with Crippen LogP contribution in [0.1, 0.15) is 23.2 Å². The Hall–Kier alpha value is -2.79. The van der Waals surface area contributed by atoms with E-state index in [1.54, 1.807) is 0 Å². The number of pyridine rings is 2. The molecule has 0 spiro atoms. The zero-order valence-electron chi connectivity index (χ0n) is 16.1. The topological polar surface area (TPSA) is 64.0 Å². The number of nitrogens with one attached hydrogen (secondary N) is 1. The van der Waals surface area contributed by atoms with Crippen LogP contribution >= 0.6 is 23.2 Å². The highest BCUT2D eigenvalue weighted by Gasteiger charge is 2.54. The van der Waals surface area contributed by atoms with Crippen LogP contribution in [0.5, 0.6) is 0 Å². The van der Waals surface area contributed by atoms with E-state index in [9.17, 15) is 35.9 Å². The van der Waals surface area contributed by atoms with Crippen molar-refractivity contribution in [2.75, 3.05) is 0 Å². The van der Waals surface area contributed by atoms with Crippen LogP contribution in [0.3, 0.4) is 0 Å². The van der Waals surface area contributed by atoms with Crippen LogP contribution in [0.4, 0.5) is 26.3 Å². The normalized spacial score (nSPS) is 15.7. The average Bonchev–Trinajstić information content (AvgIpc) is 3.56. The van der Waals surface area contributed by atoms with E-state index in [4.69, 9.17) is 23.2 Å². The Bertz CT molecular complexity index is 1330. The molecule has 1 aliphatic carbocycles. The van der Waals surface area contributed by atoms with E-state index < -0.39 is 79.4 Å². The van der Waals surface area contributed by atoms with Gasteiger partial charge in [0.15, 0.2) is 22.4 Å². The standard InChI is InChI=1S/C20H11Cl2F6N3O2/c21-11-3-8(23)4-12(24)14(11)31-6-10(15(32)9-5-13(25)16(22)29-17(9)31)18(33)30-20(28,19(26)27)7-1-2-7/h3-7,19H,1-2H2,(H,30,33). The van der Waals surface area contributed by atoms with Gasteiger partial charge in [-0.25, -0.2) is 31.3 Å². The second-order valence-electron chi connectivity index (χ2n) is 7.39. The number of carbonyl (C=O) groups excluding carboxylic acids is 1. The minimum Gasteiger partial charge on any atom is -0.315 e. The molecule has 1 fully saturated rings. The van der Waals surface area contributed by atoms with Crippen LogP contribution in [0, 0.1) is 23.4 Å². The summed E-state index contributed by atoms with van der Waals surface area (Å²) in [5.41, 5.74) is -3.23. The van der Waals surface area contributed by atoms with Crippen LogP contribution in [0.25, 0.3) is 16.7 Å². The summed E-state index contributed by atoms with van der Waals surface area (Å²) in [4.78, 5) is 29.2. The molecule has 1 aliphatic rings. The van der Waals surface area contributed by atoms with Gasteiger partial charge in [0.2, 0.25) is 11.2 Å². The number of alkyl halides is 3. The number of carbonyl (C=O) groups is 1. The minimum atomic E-state index is -3.60. The molecule has 2 heterocycles. The fourth-order valence-corrected chi connectivity index (χ4v) is 3.80. The first kappa shape index (κ1) is 23.4. The predicted octanol–water partition coefficient (Wildman–Crippen LogP) is 5.18. The van der Waals surface area contributed by atoms with Gasteiger partial charge >= 0.3 is 0 Å². The van der Waals surface area contributed by atoms with Gasteiger partial charge in [-0.1, -0.05) is 23.2 Å². The number of hydrogen-bond donors (Lipinski definition) is 1. The molecule has 3 aromatic rings. The molecule has 13 heteroatoms. The second-order valence-corrected chi connectivity index (χ2v) is 8.15. The molecule has 1 atom stereocenters. The van der Waals surface area contributed by atoms with E-state index in [0.29, 0.717) is 29.0 Å². The molecule has 1 unspecified atom stereocenters. The van der Waals surface area contributed by atoms with Crippen LogP contribution in [0.15, 0.2) is 29.2 Å².